The molecular weight excluding hydrogens is 544 g/mol. The molecule has 0 saturated carbocycles. The van der Waals surface area contributed by atoms with Gasteiger partial charge in [0.25, 0.3) is 0 Å². The molecule has 0 aliphatic carbocycles. The van der Waals surface area contributed by atoms with Crippen molar-refractivity contribution in [2.45, 2.75) is 0 Å². The van der Waals surface area contributed by atoms with Crippen LogP contribution in [0.4, 0.5) is 0 Å². The summed E-state index contributed by atoms with van der Waals surface area (Å²) < 4.78 is 54.8. The summed E-state index contributed by atoms with van der Waals surface area (Å²) in [7, 11) is 0. The summed E-state index contributed by atoms with van der Waals surface area (Å²) in [5, 5.41) is 3.22. The highest BCUT2D eigenvalue weighted by molar-refractivity contribution is 6.12. The lowest BCUT2D eigenvalue weighted by atomic mass is 10.0. The number of rotatable bonds is 4. The van der Waals surface area contributed by atoms with E-state index in [0.29, 0.717) is 39.3 Å². The van der Waals surface area contributed by atoms with Crippen molar-refractivity contribution in [2.24, 2.45) is 0 Å². The molecule has 0 spiro atoms. The molecule has 0 atom stereocenters. The zero-order valence-electron chi connectivity index (χ0n) is 27.9. The lowest BCUT2D eigenvalue weighted by Crippen LogP contribution is -2.01. The first-order valence-electron chi connectivity index (χ1n) is 16.5. The Bertz CT molecular complexity index is 2770. The van der Waals surface area contributed by atoms with Gasteiger partial charge in [-0.25, -0.2) is 19.9 Å². The highest BCUT2D eigenvalue weighted by Gasteiger charge is 2.21. The number of furan rings is 1. The van der Waals surface area contributed by atoms with E-state index in [1.165, 1.54) is 0 Å². The summed E-state index contributed by atoms with van der Waals surface area (Å²) in [5.74, 6) is 0.890. The maximum absolute atomic E-state index is 8.75. The van der Waals surface area contributed by atoms with Gasteiger partial charge in [-0.05, 0) is 35.7 Å². The zero-order chi connectivity index (χ0) is 33.4. The molecule has 0 saturated heterocycles. The largest absolute Gasteiger partial charge is 0.456 e. The molecule has 0 amide bonds. The lowest BCUT2D eigenvalue weighted by Gasteiger charge is -2.11. The Morgan fingerprint density at radius 1 is 0.500 bits per heavy atom. The third-order valence-electron chi connectivity index (χ3n) is 7.66. The van der Waals surface area contributed by atoms with Crippen LogP contribution >= 0.6 is 0 Å². The van der Waals surface area contributed by atoms with Crippen LogP contribution in [-0.2, 0) is 0 Å². The van der Waals surface area contributed by atoms with Crippen LogP contribution in [0.2, 0.25) is 0 Å². The Morgan fingerprint density at radius 3 is 2.02 bits per heavy atom. The lowest BCUT2D eigenvalue weighted by molar-refractivity contribution is 0.623. The Kier molecular flexibility index (Phi) is 4.39. The number of hydrogen-bond donors (Lipinski definition) is 0. The highest BCUT2D eigenvalue weighted by atomic mass is 16.3. The van der Waals surface area contributed by atoms with E-state index in [0.717, 1.165) is 27.1 Å². The molecule has 0 fully saturated rings. The van der Waals surface area contributed by atoms with Gasteiger partial charge in [0.1, 0.15) is 16.7 Å². The second-order valence-electron chi connectivity index (χ2n) is 10.3. The quantitative estimate of drug-likeness (QED) is 0.209. The number of hydrogen-bond acceptors (Lipinski definition) is 6. The molecule has 0 unspecified atom stereocenters. The molecule has 9 aromatic rings. The van der Waals surface area contributed by atoms with E-state index in [9.17, 15) is 0 Å². The molecule has 0 aliphatic rings. The fourth-order valence-electron chi connectivity index (χ4n) is 5.69. The van der Waals surface area contributed by atoms with E-state index in [4.69, 9.17) is 35.6 Å². The molecule has 44 heavy (non-hydrogen) atoms. The number of nitrogens with zero attached hydrogens (tertiary/aromatic N) is 4. The van der Waals surface area contributed by atoms with Crippen molar-refractivity contribution in [3.05, 3.63) is 133 Å². The fraction of sp³-hybridized carbons (Fsp3) is 0. The first-order valence-corrected chi connectivity index (χ1v) is 14.0. The Morgan fingerprint density at radius 2 is 1.18 bits per heavy atom. The first kappa shape index (κ1) is 19.9. The van der Waals surface area contributed by atoms with E-state index >= 15 is 0 Å². The number of benzene rings is 6. The second-order valence-corrected chi connectivity index (χ2v) is 10.3. The molecule has 0 radical (unpaired) electrons. The van der Waals surface area contributed by atoms with Crippen LogP contribution in [0.5, 0.6) is 0 Å². The van der Waals surface area contributed by atoms with Crippen LogP contribution in [0.3, 0.4) is 0 Å². The van der Waals surface area contributed by atoms with Gasteiger partial charge in [-0.15, -0.1) is 0 Å². The number of para-hydroxylation sites is 1. The van der Waals surface area contributed by atoms with Gasteiger partial charge >= 0.3 is 0 Å². The summed E-state index contributed by atoms with van der Waals surface area (Å²) in [4.78, 5) is 19.4. The van der Waals surface area contributed by atoms with Gasteiger partial charge in [-0.2, -0.15) is 0 Å². The van der Waals surface area contributed by atoms with Gasteiger partial charge in [0.05, 0.1) is 6.85 Å². The van der Waals surface area contributed by atoms with Crippen LogP contribution < -0.4 is 0 Å². The molecule has 9 rings (SSSR count). The smallest absolute Gasteiger partial charge is 0.227 e. The number of oxazole rings is 1. The summed E-state index contributed by atoms with van der Waals surface area (Å²) in [5.41, 5.74) is 4.47. The topological polar surface area (TPSA) is 77.8 Å². The van der Waals surface area contributed by atoms with Crippen LogP contribution in [0.1, 0.15) is 6.85 Å². The second kappa shape index (κ2) is 9.71. The summed E-state index contributed by atoms with van der Waals surface area (Å²) in [6.45, 7) is 0. The SMILES string of the molecule is [2H]c1c([2H])c([2H])c(-c2nc(-c3cc4nc(-c5ccccc5)oc4c4ccccc34)nc(-c3cccc4oc5ccccc5c34)n2)c([2H])c1[2H]. The van der Waals surface area contributed by atoms with E-state index in [-0.39, 0.29) is 23.0 Å². The van der Waals surface area contributed by atoms with Crippen molar-refractivity contribution < 1.29 is 15.7 Å². The summed E-state index contributed by atoms with van der Waals surface area (Å²) in [6, 6.07) is 30.2. The maximum Gasteiger partial charge on any atom is 0.227 e. The van der Waals surface area contributed by atoms with Gasteiger partial charge in [-0.3, -0.25) is 0 Å². The minimum Gasteiger partial charge on any atom is -0.456 e. The third kappa shape index (κ3) is 3.89. The van der Waals surface area contributed by atoms with Crippen molar-refractivity contribution >= 4 is 43.8 Å². The van der Waals surface area contributed by atoms with Crippen molar-refractivity contribution in [1.82, 2.24) is 19.9 Å². The van der Waals surface area contributed by atoms with Crippen molar-refractivity contribution in [1.29, 1.82) is 0 Å². The molecule has 0 N–H and O–H groups in total. The average Bonchev–Trinajstić information content (AvgIpc) is 3.75. The van der Waals surface area contributed by atoms with Gasteiger partial charge in [0.15, 0.2) is 23.1 Å². The standard InChI is InChI=1S/C38H22N4O2/c1-3-12-23(13-4-1)35-40-36(28-19-11-21-32-33(28)27-18-9-10-20-31(27)43-32)42-37(41-35)29-22-30-34(26-17-8-7-16-25(26)29)44-38(39-30)24-14-5-2-6-15-24/h1-22H/i1D,3D,4D,12D,13D. The molecule has 3 heterocycles. The van der Waals surface area contributed by atoms with Gasteiger partial charge in [-0.1, -0.05) is 103 Å². The third-order valence-corrected chi connectivity index (χ3v) is 7.66. The normalized spacial score (nSPS) is 13.2. The Hall–Kier alpha value is -6.14. The molecule has 206 valence electrons. The molecule has 6 nitrogen and oxygen atoms in total. The number of aromatic nitrogens is 4. The van der Waals surface area contributed by atoms with Gasteiger partial charge in [0, 0.05) is 38.4 Å². The fourth-order valence-corrected chi connectivity index (χ4v) is 5.69. The van der Waals surface area contributed by atoms with Gasteiger partial charge < -0.3 is 8.83 Å². The summed E-state index contributed by atoms with van der Waals surface area (Å²) >= 11 is 0. The van der Waals surface area contributed by atoms with E-state index in [1.54, 1.807) is 0 Å². The van der Waals surface area contributed by atoms with Crippen LogP contribution in [0.25, 0.3) is 89.4 Å². The molecule has 3 aromatic heterocycles. The first-order chi connectivity index (χ1) is 23.9. The molecular formula is C38H22N4O2. The summed E-state index contributed by atoms with van der Waals surface area (Å²) in [6.07, 6.45) is 0. The van der Waals surface area contributed by atoms with Crippen LogP contribution in [0.15, 0.2) is 142 Å². The molecule has 6 heteroatoms. The minimum atomic E-state index is -0.500. The van der Waals surface area contributed by atoms with Crippen molar-refractivity contribution in [3.63, 3.8) is 0 Å². The monoisotopic (exact) mass is 571 g/mol. The van der Waals surface area contributed by atoms with E-state index in [1.807, 2.05) is 103 Å². The number of fused-ring (bicyclic) bond motifs is 6. The Balaban J connectivity index is 1.37. The van der Waals surface area contributed by atoms with E-state index < -0.39 is 30.2 Å². The van der Waals surface area contributed by atoms with Crippen molar-refractivity contribution in [2.75, 3.05) is 0 Å². The van der Waals surface area contributed by atoms with Crippen molar-refractivity contribution in [3.8, 4) is 45.6 Å². The van der Waals surface area contributed by atoms with E-state index in [2.05, 4.69) is 0 Å². The van der Waals surface area contributed by atoms with Crippen LogP contribution in [0, 0.1) is 0 Å². The zero-order valence-corrected chi connectivity index (χ0v) is 22.9. The van der Waals surface area contributed by atoms with Crippen LogP contribution in [-0.4, -0.2) is 19.9 Å². The predicted molar refractivity (Wildman–Crippen MR) is 174 cm³/mol. The minimum absolute atomic E-state index is 0.0592. The maximum atomic E-state index is 8.75. The molecule has 0 bridgehead atoms. The molecule has 0 aliphatic heterocycles. The average molecular weight is 572 g/mol. The molecule has 6 aromatic carbocycles. The highest BCUT2D eigenvalue weighted by Crippen LogP contribution is 2.39. The Labute approximate surface area is 258 Å². The van der Waals surface area contributed by atoms with Gasteiger partial charge in [0.2, 0.25) is 5.89 Å². The predicted octanol–water partition coefficient (Wildman–Crippen LogP) is 9.73.